The molecular weight excluding hydrogens is 433 g/mol. The van der Waals surface area contributed by atoms with Crippen molar-refractivity contribution >= 4 is 19.2 Å². The summed E-state index contributed by atoms with van der Waals surface area (Å²) in [7, 11) is -0.697. The van der Waals surface area contributed by atoms with Crippen molar-refractivity contribution < 1.29 is 28.7 Å². The fraction of sp³-hybridized carbons (Fsp3) is 0.462. The van der Waals surface area contributed by atoms with Gasteiger partial charge in [-0.15, -0.1) is 0 Å². The van der Waals surface area contributed by atoms with Crippen LogP contribution in [-0.2, 0) is 18.8 Å². The number of nitrogens with zero attached hydrogens (tertiary/aromatic N) is 1. The lowest BCUT2D eigenvalue weighted by Gasteiger charge is -2.32. The van der Waals surface area contributed by atoms with Gasteiger partial charge in [0.25, 0.3) is 0 Å². The summed E-state index contributed by atoms with van der Waals surface area (Å²) in [6, 6.07) is 16.3. The first-order valence-corrected chi connectivity index (χ1v) is 11.8. The van der Waals surface area contributed by atoms with Gasteiger partial charge in [-0.2, -0.15) is 0 Å². The molecule has 1 N–H and O–H groups in total. The summed E-state index contributed by atoms with van der Waals surface area (Å²) in [6.07, 6.45) is -0.507. The van der Waals surface area contributed by atoms with E-state index >= 15 is 0 Å². The van der Waals surface area contributed by atoms with Gasteiger partial charge < -0.3 is 24.1 Å². The van der Waals surface area contributed by atoms with E-state index in [2.05, 4.69) is 24.3 Å². The zero-order valence-corrected chi connectivity index (χ0v) is 20.0. The van der Waals surface area contributed by atoms with Crippen LogP contribution in [0.2, 0.25) is 5.82 Å². The van der Waals surface area contributed by atoms with E-state index in [1.807, 2.05) is 52.0 Å². The molecule has 34 heavy (non-hydrogen) atoms. The molecule has 2 aromatic rings. The summed E-state index contributed by atoms with van der Waals surface area (Å²) in [4.78, 5) is 26.5. The molecule has 2 atom stereocenters. The summed E-state index contributed by atoms with van der Waals surface area (Å²) in [5.41, 5.74) is 3.45. The van der Waals surface area contributed by atoms with Crippen molar-refractivity contribution in [2.45, 2.75) is 50.6 Å². The molecule has 178 valence electrons. The SMILES string of the molecule is CC1(C)OB([C@@H]2CN(C(=O)OCC3c4ccccc4-c4ccccc43)C[C@H]2C(=O)O)OC1(C)C. The van der Waals surface area contributed by atoms with Gasteiger partial charge in [0.1, 0.15) is 6.61 Å². The zero-order valence-electron chi connectivity index (χ0n) is 20.0. The molecule has 0 spiro atoms. The third-order valence-corrected chi connectivity index (χ3v) is 7.90. The molecule has 2 fully saturated rings. The van der Waals surface area contributed by atoms with Crippen molar-refractivity contribution in [3.63, 3.8) is 0 Å². The van der Waals surface area contributed by atoms with Gasteiger partial charge in [-0.05, 0) is 49.9 Å². The summed E-state index contributed by atoms with van der Waals surface area (Å²) in [5.74, 6) is -2.27. The quantitative estimate of drug-likeness (QED) is 0.676. The number of carboxylic acid groups (broad SMARTS) is 1. The van der Waals surface area contributed by atoms with Crippen molar-refractivity contribution in [3.8, 4) is 11.1 Å². The van der Waals surface area contributed by atoms with Gasteiger partial charge >= 0.3 is 19.2 Å². The number of rotatable bonds is 4. The Hall–Kier alpha value is -2.84. The Morgan fingerprint density at radius 1 is 0.971 bits per heavy atom. The van der Waals surface area contributed by atoms with E-state index in [0.29, 0.717) is 0 Å². The van der Waals surface area contributed by atoms with Gasteiger partial charge in [0, 0.05) is 24.8 Å². The highest BCUT2D eigenvalue weighted by atomic mass is 16.7. The molecule has 0 bridgehead atoms. The largest absolute Gasteiger partial charge is 0.481 e. The van der Waals surface area contributed by atoms with Crippen molar-refractivity contribution in [2.24, 2.45) is 5.92 Å². The number of hydrogen-bond donors (Lipinski definition) is 1. The van der Waals surface area contributed by atoms with E-state index in [1.165, 1.54) is 4.90 Å². The number of amides is 1. The van der Waals surface area contributed by atoms with Crippen LogP contribution in [0.15, 0.2) is 48.5 Å². The lowest BCUT2D eigenvalue weighted by molar-refractivity contribution is -0.141. The number of carbonyl (C=O) groups is 2. The highest BCUT2D eigenvalue weighted by molar-refractivity contribution is 6.48. The Bertz CT molecular complexity index is 1070. The second kappa shape index (κ2) is 8.13. The van der Waals surface area contributed by atoms with Gasteiger partial charge in [-0.3, -0.25) is 4.79 Å². The fourth-order valence-corrected chi connectivity index (χ4v) is 5.26. The zero-order chi connectivity index (χ0) is 24.3. The van der Waals surface area contributed by atoms with E-state index in [1.54, 1.807) is 0 Å². The third-order valence-electron chi connectivity index (χ3n) is 7.90. The molecule has 0 radical (unpaired) electrons. The van der Waals surface area contributed by atoms with E-state index in [4.69, 9.17) is 14.0 Å². The Balaban J connectivity index is 1.29. The molecule has 0 aromatic heterocycles. The lowest BCUT2D eigenvalue weighted by atomic mass is 9.66. The standard InChI is InChI=1S/C26H30BNO6/c1-25(2)26(3,4)34-27(33-25)22-14-28(13-20(22)23(29)30)24(31)32-15-21-18-11-7-5-9-16(18)17-10-6-8-12-19(17)21/h5-12,20-22H,13-15H2,1-4H3,(H,29,30)/t20-,22-/m1/s1. The molecule has 3 aliphatic rings. The molecule has 1 amide bonds. The van der Waals surface area contributed by atoms with Gasteiger partial charge in [0.15, 0.2) is 0 Å². The van der Waals surface area contributed by atoms with Crippen LogP contribution < -0.4 is 0 Å². The Labute approximate surface area is 200 Å². The van der Waals surface area contributed by atoms with E-state index in [-0.39, 0.29) is 25.6 Å². The number of benzene rings is 2. The summed E-state index contributed by atoms with van der Waals surface area (Å²) < 4.78 is 18.0. The van der Waals surface area contributed by atoms with Crippen LogP contribution in [0.5, 0.6) is 0 Å². The summed E-state index contributed by atoms with van der Waals surface area (Å²) >= 11 is 0. The molecule has 0 unspecified atom stereocenters. The summed E-state index contributed by atoms with van der Waals surface area (Å²) in [6.45, 7) is 8.21. The molecule has 0 saturated carbocycles. The number of fused-ring (bicyclic) bond motifs is 3. The molecule has 1 aliphatic carbocycles. The van der Waals surface area contributed by atoms with Crippen molar-refractivity contribution in [2.75, 3.05) is 19.7 Å². The first-order chi connectivity index (χ1) is 16.1. The van der Waals surface area contributed by atoms with E-state index in [0.717, 1.165) is 22.3 Å². The highest BCUT2D eigenvalue weighted by Gasteiger charge is 2.58. The number of carbonyl (C=O) groups excluding carboxylic acids is 1. The Kier molecular flexibility index (Phi) is 5.49. The monoisotopic (exact) mass is 463 g/mol. The molecule has 5 rings (SSSR count). The van der Waals surface area contributed by atoms with Crippen molar-refractivity contribution in [1.29, 1.82) is 0 Å². The predicted octanol–water partition coefficient (Wildman–Crippen LogP) is 4.41. The minimum absolute atomic E-state index is 0.0480. The van der Waals surface area contributed by atoms with Crippen LogP contribution in [0.3, 0.4) is 0 Å². The van der Waals surface area contributed by atoms with Crippen molar-refractivity contribution in [3.05, 3.63) is 59.7 Å². The topological polar surface area (TPSA) is 85.3 Å². The molecule has 2 heterocycles. The van der Waals surface area contributed by atoms with Crippen LogP contribution in [0.1, 0.15) is 44.7 Å². The molecule has 2 saturated heterocycles. The normalized spacial score (nSPS) is 24.7. The van der Waals surface area contributed by atoms with Gasteiger partial charge in [-0.1, -0.05) is 48.5 Å². The Morgan fingerprint density at radius 3 is 2.03 bits per heavy atom. The number of hydrogen-bond acceptors (Lipinski definition) is 5. The van der Waals surface area contributed by atoms with Crippen LogP contribution in [0.4, 0.5) is 4.79 Å². The predicted molar refractivity (Wildman–Crippen MR) is 128 cm³/mol. The van der Waals surface area contributed by atoms with Crippen LogP contribution in [0, 0.1) is 5.92 Å². The summed E-state index contributed by atoms with van der Waals surface area (Å²) in [5, 5.41) is 9.83. The number of carboxylic acids is 1. The van der Waals surface area contributed by atoms with E-state index in [9.17, 15) is 14.7 Å². The van der Waals surface area contributed by atoms with Crippen LogP contribution in [-0.4, -0.2) is 60.1 Å². The minimum Gasteiger partial charge on any atom is -0.481 e. The second-order valence-electron chi connectivity index (χ2n) is 10.4. The lowest BCUT2D eigenvalue weighted by Crippen LogP contribution is -2.41. The maximum absolute atomic E-state index is 13.0. The van der Waals surface area contributed by atoms with Crippen molar-refractivity contribution in [1.82, 2.24) is 4.90 Å². The maximum Gasteiger partial charge on any atom is 0.463 e. The number of aliphatic carboxylic acids is 1. The highest BCUT2D eigenvalue weighted by Crippen LogP contribution is 2.46. The minimum atomic E-state index is -0.964. The van der Waals surface area contributed by atoms with Gasteiger partial charge in [-0.25, -0.2) is 4.79 Å². The molecule has 8 heteroatoms. The second-order valence-corrected chi connectivity index (χ2v) is 10.4. The smallest absolute Gasteiger partial charge is 0.463 e. The van der Waals surface area contributed by atoms with Gasteiger partial charge in [0.2, 0.25) is 0 Å². The number of likely N-dealkylation sites (tertiary alicyclic amines) is 1. The van der Waals surface area contributed by atoms with Crippen LogP contribution in [0.25, 0.3) is 11.1 Å². The molecule has 2 aliphatic heterocycles. The number of ether oxygens (including phenoxy) is 1. The van der Waals surface area contributed by atoms with Crippen LogP contribution >= 0.6 is 0 Å². The maximum atomic E-state index is 13.0. The molecule has 2 aromatic carbocycles. The molecular formula is C26H30BNO6. The average Bonchev–Trinajstić information content (AvgIpc) is 3.43. The first-order valence-electron chi connectivity index (χ1n) is 11.8. The molecule has 7 nitrogen and oxygen atoms in total. The average molecular weight is 463 g/mol. The Morgan fingerprint density at radius 2 is 1.50 bits per heavy atom. The first kappa shape index (κ1) is 22.9. The van der Waals surface area contributed by atoms with Gasteiger partial charge in [0.05, 0.1) is 17.1 Å². The fourth-order valence-electron chi connectivity index (χ4n) is 5.26. The van der Waals surface area contributed by atoms with E-state index < -0.39 is 42.1 Å². The third kappa shape index (κ3) is 3.69.